The van der Waals surface area contributed by atoms with Gasteiger partial charge in [-0.2, -0.15) is 0 Å². The first kappa shape index (κ1) is 17.2. The van der Waals surface area contributed by atoms with E-state index in [1.54, 1.807) is 0 Å². The van der Waals surface area contributed by atoms with E-state index in [2.05, 4.69) is 75.4 Å². The monoisotopic (exact) mass is 276 g/mol. The highest BCUT2D eigenvalue weighted by molar-refractivity contribution is 5.18. The third kappa shape index (κ3) is 6.53. The summed E-state index contributed by atoms with van der Waals surface area (Å²) >= 11 is 0. The van der Waals surface area contributed by atoms with Gasteiger partial charge in [0.05, 0.1) is 0 Å². The Morgan fingerprint density at radius 2 is 1.80 bits per heavy atom. The standard InChI is InChI=1S/C18H32N2/c1-6-7-13-17(16-11-9-8-10-12-16)19-14-18(2,3)15-20(4)5/h8-12,17,19H,6-7,13-15H2,1-5H3. The molecule has 2 nitrogen and oxygen atoms in total. The average molecular weight is 276 g/mol. The molecular weight excluding hydrogens is 244 g/mol. The van der Waals surface area contributed by atoms with Crippen molar-refractivity contribution in [2.24, 2.45) is 5.41 Å². The summed E-state index contributed by atoms with van der Waals surface area (Å²) in [6.07, 6.45) is 3.76. The van der Waals surface area contributed by atoms with Crippen molar-refractivity contribution < 1.29 is 0 Å². The van der Waals surface area contributed by atoms with E-state index < -0.39 is 0 Å². The molecule has 0 amide bonds. The minimum absolute atomic E-state index is 0.294. The molecule has 0 aromatic heterocycles. The van der Waals surface area contributed by atoms with Crippen LogP contribution in [0.4, 0.5) is 0 Å². The van der Waals surface area contributed by atoms with Crippen LogP contribution >= 0.6 is 0 Å². The summed E-state index contributed by atoms with van der Waals surface area (Å²) in [6.45, 7) is 9.09. The van der Waals surface area contributed by atoms with Crippen LogP contribution in [-0.4, -0.2) is 32.1 Å². The molecule has 2 heteroatoms. The summed E-state index contributed by atoms with van der Waals surface area (Å²) in [7, 11) is 4.29. The normalized spacial score (nSPS) is 13.7. The summed E-state index contributed by atoms with van der Waals surface area (Å²) in [5, 5.41) is 3.79. The summed E-state index contributed by atoms with van der Waals surface area (Å²) < 4.78 is 0. The first-order chi connectivity index (χ1) is 9.44. The van der Waals surface area contributed by atoms with Crippen molar-refractivity contribution in [1.82, 2.24) is 10.2 Å². The van der Waals surface area contributed by atoms with Crippen LogP contribution < -0.4 is 5.32 Å². The molecule has 1 N–H and O–H groups in total. The van der Waals surface area contributed by atoms with Crippen LogP contribution in [-0.2, 0) is 0 Å². The predicted octanol–water partition coefficient (Wildman–Crippen LogP) is 4.10. The largest absolute Gasteiger partial charge is 0.309 e. The number of nitrogens with zero attached hydrogens (tertiary/aromatic N) is 1. The lowest BCUT2D eigenvalue weighted by Crippen LogP contribution is -2.39. The SMILES string of the molecule is CCCCC(NCC(C)(C)CN(C)C)c1ccccc1. The molecule has 1 aromatic rings. The van der Waals surface area contributed by atoms with Gasteiger partial charge in [0.2, 0.25) is 0 Å². The van der Waals surface area contributed by atoms with Crippen molar-refractivity contribution in [3.63, 3.8) is 0 Å². The lowest BCUT2D eigenvalue weighted by Gasteiger charge is -2.31. The molecule has 0 spiro atoms. The number of hydrogen-bond acceptors (Lipinski definition) is 2. The molecule has 0 saturated heterocycles. The van der Waals surface area contributed by atoms with Crippen LogP contribution in [0.2, 0.25) is 0 Å². The molecule has 1 rings (SSSR count). The Kier molecular flexibility index (Phi) is 7.25. The smallest absolute Gasteiger partial charge is 0.0320 e. The van der Waals surface area contributed by atoms with E-state index in [0.717, 1.165) is 13.1 Å². The van der Waals surface area contributed by atoms with E-state index in [0.29, 0.717) is 11.5 Å². The van der Waals surface area contributed by atoms with E-state index in [1.807, 2.05) is 0 Å². The molecule has 1 unspecified atom stereocenters. The van der Waals surface area contributed by atoms with Crippen LogP contribution in [0, 0.1) is 5.41 Å². The Morgan fingerprint density at radius 3 is 2.35 bits per heavy atom. The van der Waals surface area contributed by atoms with Crippen LogP contribution in [0.3, 0.4) is 0 Å². The van der Waals surface area contributed by atoms with Gasteiger partial charge in [0.1, 0.15) is 0 Å². The average Bonchev–Trinajstić information content (AvgIpc) is 2.38. The Balaban J connectivity index is 2.61. The summed E-state index contributed by atoms with van der Waals surface area (Å²) in [5.74, 6) is 0. The highest BCUT2D eigenvalue weighted by Gasteiger charge is 2.21. The highest BCUT2D eigenvalue weighted by Crippen LogP contribution is 2.22. The van der Waals surface area contributed by atoms with Gasteiger partial charge in [-0.1, -0.05) is 63.9 Å². The number of nitrogens with one attached hydrogen (secondary N) is 1. The van der Waals surface area contributed by atoms with Gasteiger partial charge in [-0.15, -0.1) is 0 Å². The quantitative estimate of drug-likeness (QED) is 0.730. The Bertz CT molecular complexity index is 357. The second kappa shape index (κ2) is 8.43. The van der Waals surface area contributed by atoms with Gasteiger partial charge in [0, 0.05) is 19.1 Å². The second-order valence-electron chi connectivity index (χ2n) is 6.89. The summed E-state index contributed by atoms with van der Waals surface area (Å²) in [4.78, 5) is 2.27. The van der Waals surface area contributed by atoms with Gasteiger partial charge in [-0.05, 0) is 31.5 Å². The van der Waals surface area contributed by atoms with Crippen LogP contribution in [0.15, 0.2) is 30.3 Å². The molecule has 0 aliphatic rings. The first-order valence-corrected chi connectivity index (χ1v) is 7.87. The summed E-state index contributed by atoms with van der Waals surface area (Å²) in [6, 6.07) is 11.3. The van der Waals surface area contributed by atoms with Crippen LogP contribution in [0.5, 0.6) is 0 Å². The lowest BCUT2D eigenvalue weighted by molar-refractivity contribution is 0.223. The highest BCUT2D eigenvalue weighted by atomic mass is 15.1. The maximum atomic E-state index is 3.79. The molecule has 1 aromatic carbocycles. The fourth-order valence-electron chi connectivity index (χ4n) is 2.79. The van der Waals surface area contributed by atoms with Crippen molar-refractivity contribution in [1.29, 1.82) is 0 Å². The number of hydrogen-bond donors (Lipinski definition) is 1. The fraction of sp³-hybridized carbons (Fsp3) is 0.667. The molecule has 0 fully saturated rings. The second-order valence-corrected chi connectivity index (χ2v) is 6.89. The third-order valence-corrected chi connectivity index (χ3v) is 3.62. The zero-order valence-corrected chi connectivity index (χ0v) is 13.9. The van der Waals surface area contributed by atoms with Gasteiger partial charge < -0.3 is 10.2 Å². The molecule has 0 radical (unpaired) electrons. The topological polar surface area (TPSA) is 15.3 Å². The zero-order valence-electron chi connectivity index (χ0n) is 13.9. The molecule has 1 atom stereocenters. The zero-order chi connectivity index (χ0) is 15.0. The van der Waals surface area contributed by atoms with Crippen molar-refractivity contribution >= 4 is 0 Å². The predicted molar refractivity (Wildman–Crippen MR) is 89.0 cm³/mol. The Hall–Kier alpha value is -0.860. The van der Waals surface area contributed by atoms with E-state index in [1.165, 1.54) is 24.8 Å². The summed E-state index contributed by atoms with van der Waals surface area (Å²) in [5.41, 5.74) is 1.71. The third-order valence-electron chi connectivity index (χ3n) is 3.62. The van der Waals surface area contributed by atoms with Gasteiger partial charge in [0.25, 0.3) is 0 Å². The van der Waals surface area contributed by atoms with Crippen LogP contribution in [0.25, 0.3) is 0 Å². The molecular formula is C18H32N2. The molecule has 0 aliphatic carbocycles. The molecule has 20 heavy (non-hydrogen) atoms. The maximum absolute atomic E-state index is 3.79. The Morgan fingerprint density at radius 1 is 1.15 bits per heavy atom. The minimum atomic E-state index is 0.294. The first-order valence-electron chi connectivity index (χ1n) is 7.87. The van der Waals surface area contributed by atoms with E-state index in [4.69, 9.17) is 0 Å². The van der Waals surface area contributed by atoms with Crippen molar-refractivity contribution in [2.45, 2.75) is 46.1 Å². The minimum Gasteiger partial charge on any atom is -0.309 e. The molecule has 114 valence electrons. The van der Waals surface area contributed by atoms with Gasteiger partial charge >= 0.3 is 0 Å². The number of benzene rings is 1. The lowest BCUT2D eigenvalue weighted by atomic mass is 9.91. The molecule has 0 aliphatic heterocycles. The fourth-order valence-corrected chi connectivity index (χ4v) is 2.79. The molecule has 0 saturated carbocycles. The Labute approximate surface area is 125 Å². The van der Waals surface area contributed by atoms with Crippen LogP contribution in [0.1, 0.15) is 51.6 Å². The van der Waals surface area contributed by atoms with Gasteiger partial charge in [-0.3, -0.25) is 0 Å². The van der Waals surface area contributed by atoms with E-state index >= 15 is 0 Å². The van der Waals surface area contributed by atoms with Crippen molar-refractivity contribution in [3.8, 4) is 0 Å². The number of unbranched alkanes of at least 4 members (excludes halogenated alkanes) is 1. The molecule has 0 bridgehead atoms. The van der Waals surface area contributed by atoms with Gasteiger partial charge in [-0.25, -0.2) is 0 Å². The van der Waals surface area contributed by atoms with Gasteiger partial charge in [0.15, 0.2) is 0 Å². The van der Waals surface area contributed by atoms with E-state index in [-0.39, 0.29) is 0 Å². The van der Waals surface area contributed by atoms with Crippen molar-refractivity contribution in [3.05, 3.63) is 35.9 Å². The number of rotatable bonds is 9. The maximum Gasteiger partial charge on any atom is 0.0320 e. The van der Waals surface area contributed by atoms with Crippen molar-refractivity contribution in [2.75, 3.05) is 27.2 Å². The van der Waals surface area contributed by atoms with E-state index in [9.17, 15) is 0 Å². The molecule has 0 heterocycles.